The van der Waals surface area contributed by atoms with Gasteiger partial charge in [0.2, 0.25) is 0 Å². The van der Waals surface area contributed by atoms with Gasteiger partial charge >= 0.3 is 5.97 Å². The summed E-state index contributed by atoms with van der Waals surface area (Å²) in [5.41, 5.74) is 2.09. The van der Waals surface area contributed by atoms with E-state index in [1.807, 2.05) is 36.7 Å². The van der Waals surface area contributed by atoms with Crippen molar-refractivity contribution in [2.24, 2.45) is 23.7 Å². The Hall–Kier alpha value is -2.23. The van der Waals surface area contributed by atoms with Gasteiger partial charge in [0.1, 0.15) is 5.75 Å². The highest BCUT2D eigenvalue weighted by molar-refractivity contribution is 5.75. The minimum atomic E-state index is -0.0638. The first-order valence-corrected chi connectivity index (χ1v) is 12.8. The van der Waals surface area contributed by atoms with Crippen LogP contribution >= 0.6 is 0 Å². The lowest BCUT2D eigenvalue weighted by Gasteiger charge is -2.37. The lowest BCUT2D eigenvalue weighted by atomic mass is 9.69. The number of benzene rings is 1. The Balaban J connectivity index is 1.25. The van der Waals surface area contributed by atoms with Gasteiger partial charge in [0.05, 0.1) is 5.92 Å². The van der Waals surface area contributed by atoms with E-state index >= 15 is 0 Å². The van der Waals surface area contributed by atoms with Crippen molar-refractivity contribution in [2.45, 2.75) is 84.5 Å². The number of carbonyl (C=O) groups is 1. The molecule has 0 atom stereocenters. The summed E-state index contributed by atoms with van der Waals surface area (Å²) in [4.78, 5) is 21.7. The Kier molecular flexibility index (Phi) is 7.94. The van der Waals surface area contributed by atoms with Gasteiger partial charge in [-0.1, -0.05) is 39.5 Å². The van der Waals surface area contributed by atoms with Crippen molar-refractivity contribution in [3.8, 4) is 17.1 Å². The molecule has 2 saturated carbocycles. The van der Waals surface area contributed by atoms with Crippen LogP contribution in [0.25, 0.3) is 11.4 Å². The summed E-state index contributed by atoms with van der Waals surface area (Å²) in [6, 6.07) is 7.57. The highest BCUT2D eigenvalue weighted by Crippen LogP contribution is 2.42. The molecular formula is C28H38N2O2. The van der Waals surface area contributed by atoms with Crippen LogP contribution in [0.2, 0.25) is 0 Å². The van der Waals surface area contributed by atoms with E-state index in [1.165, 1.54) is 44.9 Å². The van der Waals surface area contributed by atoms with Gasteiger partial charge in [0.25, 0.3) is 0 Å². The van der Waals surface area contributed by atoms with E-state index in [-0.39, 0.29) is 11.9 Å². The maximum atomic E-state index is 12.7. The SMILES string of the molecule is CCCc1cnc(-c2ccc(OC(=O)[C@H]3CC[C@H]([C@H]4CC[C@H](CC)CC4)CC3)cc2)nc1. The molecule has 0 radical (unpaired) electrons. The smallest absolute Gasteiger partial charge is 0.314 e. The Morgan fingerprint density at radius 3 is 2.03 bits per heavy atom. The molecule has 0 unspecified atom stereocenters. The molecule has 2 fully saturated rings. The van der Waals surface area contributed by atoms with Crippen LogP contribution in [0.3, 0.4) is 0 Å². The monoisotopic (exact) mass is 434 g/mol. The van der Waals surface area contributed by atoms with Gasteiger partial charge in [-0.2, -0.15) is 0 Å². The lowest BCUT2D eigenvalue weighted by Crippen LogP contribution is -2.30. The van der Waals surface area contributed by atoms with Gasteiger partial charge in [-0.25, -0.2) is 9.97 Å². The maximum absolute atomic E-state index is 12.7. The number of rotatable bonds is 7. The van der Waals surface area contributed by atoms with Crippen LogP contribution in [0.1, 0.15) is 83.6 Å². The Morgan fingerprint density at radius 2 is 1.47 bits per heavy atom. The molecule has 0 amide bonds. The van der Waals surface area contributed by atoms with Crippen LogP contribution in [0.4, 0.5) is 0 Å². The Labute approximate surface area is 193 Å². The fourth-order valence-electron chi connectivity index (χ4n) is 5.69. The molecule has 172 valence electrons. The maximum Gasteiger partial charge on any atom is 0.314 e. The number of nitrogens with zero attached hydrogens (tertiary/aromatic N) is 2. The second kappa shape index (κ2) is 11.1. The van der Waals surface area contributed by atoms with Crippen molar-refractivity contribution < 1.29 is 9.53 Å². The second-order valence-corrected chi connectivity index (χ2v) is 9.91. The number of hydrogen-bond donors (Lipinski definition) is 0. The fourth-order valence-corrected chi connectivity index (χ4v) is 5.69. The summed E-state index contributed by atoms with van der Waals surface area (Å²) in [7, 11) is 0. The molecule has 32 heavy (non-hydrogen) atoms. The fraction of sp³-hybridized carbons (Fsp3) is 0.607. The molecule has 2 aliphatic carbocycles. The van der Waals surface area contributed by atoms with E-state index in [0.717, 1.165) is 54.6 Å². The van der Waals surface area contributed by atoms with Crippen LogP contribution in [0.15, 0.2) is 36.7 Å². The molecule has 1 heterocycles. The highest BCUT2D eigenvalue weighted by Gasteiger charge is 2.33. The predicted molar refractivity (Wildman–Crippen MR) is 128 cm³/mol. The molecule has 0 N–H and O–H groups in total. The standard InChI is InChI=1S/C28H38N2O2/c1-3-5-21-18-29-27(30-19-21)24-14-16-26(17-15-24)32-28(31)25-12-10-23(11-13-25)22-8-6-20(4-2)7-9-22/h14-20,22-23,25H,3-13H2,1-2H3/t20-,22-,23-,25-. The highest BCUT2D eigenvalue weighted by atomic mass is 16.5. The molecule has 1 aromatic heterocycles. The number of hydrogen-bond acceptors (Lipinski definition) is 4. The van der Waals surface area contributed by atoms with Crippen molar-refractivity contribution in [3.63, 3.8) is 0 Å². The average molecular weight is 435 g/mol. The van der Waals surface area contributed by atoms with Gasteiger partial charge in [0, 0.05) is 18.0 Å². The average Bonchev–Trinajstić information content (AvgIpc) is 2.85. The third-order valence-electron chi connectivity index (χ3n) is 7.82. The summed E-state index contributed by atoms with van der Waals surface area (Å²) < 4.78 is 5.73. The number of carbonyl (C=O) groups excluding carboxylic acids is 1. The van der Waals surface area contributed by atoms with Crippen molar-refractivity contribution in [2.75, 3.05) is 0 Å². The van der Waals surface area contributed by atoms with Crippen LogP contribution in [0.5, 0.6) is 5.75 Å². The molecule has 4 rings (SSSR count). The predicted octanol–water partition coefficient (Wildman–Crippen LogP) is 7.02. The minimum Gasteiger partial charge on any atom is -0.426 e. The number of aromatic nitrogens is 2. The van der Waals surface area contributed by atoms with Crippen LogP contribution in [0, 0.1) is 23.7 Å². The van der Waals surface area contributed by atoms with E-state index in [9.17, 15) is 4.79 Å². The molecule has 2 aromatic rings. The van der Waals surface area contributed by atoms with Crippen LogP contribution in [-0.2, 0) is 11.2 Å². The van der Waals surface area contributed by atoms with Crippen LogP contribution in [-0.4, -0.2) is 15.9 Å². The summed E-state index contributed by atoms with van der Waals surface area (Å²) in [5.74, 6) is 3.96. The Morgan fingerprint density at radius 1 is 0.875 bits per heavy atom. The van der Waals surface area contributed by atoms with E-state index in [1.54, 1.807) is 0 Å². The molecule has 4 nitrogen and oxygen atoms in total. The molecule has 0 bridgehead atoms. The van der Waals surface area contributed by atoms with E-state index in [4.69, 9.17) is 4.74 Å². The van der Waals surface area contributed by atoms with Gasteiger partial charge < -0.3 is 4.74 Å². The lowest BCUT2D eigenvalue weighted by molar-refractivity contribution is -0.140. The van der Waals surface area contributed by atoms with E-state index in [0.29, 0.717) is 11.6 Å². The Bertz CT molecular complexity index is 846. The minimum absolute atomic E-state index is 0.0485. The zero-order valence-electron chi connectivity index (χ0n) is 19.8. The summed E-state index contributed by atoms with van der Waals surface area (Å²) in [6.07, 6.45) is 17.2. The van der Waals surface area contributed by atoms with Crippen molar-refractivity contribution in [1.82, 2.24) is 9.97 Å². The summed E-state index contributed by atoms with van der Waals surface area (Å²) in [6.45, 7) is 4.48. The van der Waals surface area contributed by atoms with E-state index < -0.39 is 0 Å². The number of aryl methyl sites for hydroxylation is 1. The first-order valence-electron chi connectivity index (χ1n) is 12.8. The zero-order chi connectivity index (χ0) is 22.3. The van der Waals surface area contributed by atoms with Crippen molar-refractivity contribution >= 4 is 5.97 Å². The van der Waals surface area contributed by atoms with Gasteiger partial charge in [0.15, 0.2) is 5.82 Å². The van der Waals surface area contributed by atoms with E-state index in [2.05, 4.69) is 23.8 Å². The largest absolute Gasteiger partial charge is 0.426 e. The van der Waals surface area contributed by atoms with Gasteiger partial charge in [-0.3, -0.25) is 4.79 Å². The van der Waals surface area contributed by atoms with Crippen molar-refractivity contribution in [1.29, 1.82) is 0 Å². The molecule has 0 spiro atoms. The molecule has 2 aliphatic rings. The third-order valence-corrected chi connectivity index (χ3v) is 7.82. The zero-order valence-corrected chi connectivity index (χ0v) is 19.8. The number of ether oxygens (including phenoxy) is 1. The molecule has 1 aromatic carbocycles. The van der Waals surface area contributed by atoms with Gasteiger partial charge in [-0.05, 0) is 92.5 Å². The summed E-state index contributed by atoms with van der Waals surface area (Å²) in [5, 5.41) is 0. The molecule has 4 heteroatoms. The second-order valence-electron chi connectivity index (χ2n) is 9.91. The van der Waals surface area contributed by atoms with Gasteiger partial charge in [-0.15, -0.1) is 0 Å². The van der Waals surface area contributed by atoms with Crippen LogP contribution < -0.4 is 4.74 Å². The topological polar surface area (TPSA) is 52.1 Å². The molecule has 0 aliphatic heterocycles. The molecule has 0 saturated heterocycles. The quantitative estimate of drug-likeness (QED) is 0.347. The third kappa shape index (κ3) is 5.76. The first-order chi connectivity index (χ1) is 15.7. The molecular weight excluding hydrogens is 396 g/mol. The van der Waals surface area contributed by atoms with Crippen molar-refractivity contribution in [3.05, 3.63) is 42.2 Å². The number of esters is 1. The summed E-state index contributed by atoms with van der Waals surface area (Å²) >= 11 is 0. The normalized spacial score (nSPS) is 25.9. The first kappa shape index (κ1) is 22.9.